The molecule has 0 aromatic heterocycles. The van der Waals surface area contributed by atoms with Gasteiger partial charge in [-0.3, -0.25) is 9.98 Å². The average Bonchev–Trinajstić information content (AvgIpc) is 2.38. The maximum absolute atomic E-state index is 10.3. The smallest absolute Gasteiger partial charge is 0.151 e. The number of phenols is 2. The number of hydrogen-bond donors (Lipinski definition) is 2. The van der Waals surface area contributed by atoms with Crippen LogP contribution in [0.25, 0.3) is 10.8 Å². The molecule has 0 amide bonds. The molecule has 2 atom stereocenters. The molecule has 2 aromatic rings. The zero-order valence-corrected chi connectivity index (χ0v) is 10.3. The van der Waals surface area contributed by atoms with Gasteiger partial charge < -0.3 is 10.2 Å². The van der Waals surface area contributed by atoms with Crippen molar-refractivity contribution in [3.63, 3.8) is 0 Å². The molecule has 0 fully saturated rings. The van der Waals surface area contributed by atoms with E-state index in [1.807, 2.05) is 26.0 Å². The second-order valence-electron chi connectivity index (χ2n) is 4.68. The van der Waals surface area contributed by atoms with Gasteiger partial charge in [-0.15, -0.1) is 0 Å². The van der Waals surface area contributed by atoms with Crippen molar-refractivity contribution in [1.82, 2.24) is 0 Å². The van der Waals surface area contributed by atoms with Gasteiger partial charge in [-0.2, -0.15) is 0 Å². The molecule has 1 aliphatic heterocycles. The molecule has 2 aromatic carbocycles. The molecular formula is C14H14N2O2. The number of benzene rings is 2. The van der Waals surface area contributed by atoms with Crippen molar-refractivity contribution in [3.8, 4) is 11.5 Å². The molecule has 18 heavy (non-hydrogen) atoms. The molecule has 0 saturated carbocycles. The fourth-order valence-corrected chi connectivity index (χ4v) is 2.24. The summed E-state index contributed by atoms with van der Waals surface area (Å²) in [6.07, 6.45) is 0. The lowest BCUT2D eigenvalue weighted by atomic mass is 10.1. The summed E-state index contributed by atoms with van der Waals surface area (Å²) in [5, 5.41) is 22.5. The van der Waals surface area contributed by atoms with Crippen molar-refractivity contribution in [2.75, 3.05) is 0 Å². The van der Waals surface area contributed by atoms with Gasteiger partial charge in [-0.05, 0) is 13.8 Å². The summed E-state index contributed by atoms with van der Waals surface area (Å²) >= 11 is 0. The topological polar surface area (TPSA) is 65.2 Å². The molecule has 3 rings (SSSR count). The molecule has 0 radical (unpaired) electrons. The van der Waals surface area contributed by atoms with E-state index < -0.39 is 0 Å². The summed E-state index contributed by atoms with van der Waals surface area (Å²) in [4.78, 5) is 8.87. The zero-order chi connectivity index (χ0) is 12.9. The Morgan fingerprint density at radius 1 is 0.833 bits per heavy atom. The average molecular weight is 242 g/mol. The second-order valence-corrected chi connectivity index (χ2v) is 4.68. The van der Waals surface area contributed by atoms with Crippen molar-refractivity contribution >= 4 is 10.8 Å². The Hall–Kier alpha value is -2.10. The van der Waals surface area contributed by atoms with E-state index in [-0.39, 0.29) is 23.6 Å². The minimum absolute atomic E-state index is 0.00367. The number of hydrogen-bond acceptors (Lipinski definition) is 4. The molecule has 0 saturated heterocycles. The Morgan fingerprint density at radius 2 is 1.22 bits per heavy atom. The summed E-state index contributed by atoms with van der Waals surface area (Å²) in [7, 11) is 0. The number of rotatable bonds is 0. The van der Waals surface area contributed by atoms with Gasteiger partial charge in [0.1, 0.15) is 10.7 Å². The maximum atomic E-state index is 10.3. The first-order chi connectivity index (χ1) is 8.59. The lowest BCUT2D eigenvalue weighted by Crippen LogP contribution is -2.37. The number of phenolic OH excluding ortho intramolecular Hbond substituents is 2. The highest BCUT2D eigenvalue weighted by Gasteiger charge is 2.19. The van der Waals surface area contributed by atoms with Gasteiger partial charge >= 0.3 is 0 Å². The first-order valence-electron chi connectivity index (χ1n) is 5.98. The Morgan fingerprint density at radius 3 is 1.61 bits per heavy atom. The van der Waals surface area contributed by atoms with Crippen molar-refractivity contribution < 1.29 is 10.2 Å². The lowest BCUT2D eigenvalue weighted by Gasteiger charge is -2.17. The predicted octanol–water partition coefficient (Wildman–Crippen LogP) is 1.28. The maximum Gasteiger partial charge on any atom is 0.151 e. The monoisotopic (exact) mass is 242 g/mol. The third-order valence-electron chi connectivity index (χ3n) is 3.47. The molecule has 4 heteroatoms. The van der Waals surface area contributed by atoms with Crippen LogP contribution >= 0.6 is 0 Å². The van der Waals surface area contributed by atoms with Crippen molar-refractivity contribution in [2.45, 2.75) is 25.9 Å². The van der Waals surface area contributed by atoms with Crippen LogP contribution < -0.4 is 10.7 Å². The summed E-state index contributed by atoms with van der Waals surface area (Å²) < 4.78 is 0. The van der Waals surface area contributed by atoms with E-state index in [0.717, 1.165) is 0 Å². The SMILES string of the molecule is C[C@H]1N=c2c(O)c3ccccc3c(O)c2=N[C@@H]1C. The zero-order valence-electron chi connectivity index (χ0n) is 10.3. The number of nitrogens with zero attached hydrogens (tertiary/aromatic N) is 2. The molecule has 1 aliphatic rings. The van der Waals surface area contributed by atoms with E-state index in [2.05, 4.69) is 9.98 Å². The molecule has 92 valence electrons. The van der Waals surface area contributed by atoms with Crippen LogP contribution in [-0.2, 0) is 0 Å². The summed E-state index contributed by atoms with van der Waals surface area (Å²) in [6, 6.07) is 7.18. The van der Waals surface area contributed by atoms with Gasteiger partial charge in [0.05, 0.1) is 12.1 Å². The van der Waals surface area contributed by atoms with Crippen LogP contribution in [-0.4, -0.2) is 22.3 Å². The Kier molecular flexibility index (Phi) is 2.26. The van der Waals surface area contributed by atoms with Crippen molar-refractivity contribution in [2.24, 2.45) is 9.98 Å². The van der Waals surface area contributed by atoms with Crippen LogP contribution in [0, 0.1) is 0 Å². The third-order valence-corrected chi connectivity index (χ3v) is 3.47. The van der Waals surface area contributed by atoms with Gasteiger partial charge in [-0.25, -0.2) is 0 Å². The van der Waals surface area contributed by atoms with Gasteiger partial charge in [-0.1, -0.05) is 24.3 Å². The third kappa shape index (κ3) is 1.38. The quantitative estimate of drug-likeness (QED) is 0.683. The Bertz CT molecular complexity index is 688. The highest BCUT2D eigenvalue weighted by atomic mass is 16.3. The van der Waals surface area contributed by atoms with Crippen LogP contribution in [0.1, 0.15) is 13.8 Å². The van der Waals surface area contributed by atoms with Crippen molar-refractivity contribution in [1.29, 1.82) is 0 Å². The Balaban J connectivity index is 2.58. The molecule has 0 unspecified atom stereocenters. The van der Waals surface area contributed by atoms with E-state index in [1.54, 1.807) is 12.1 Å². The summed E-state index contributed by atoms with van der Waals surface area (Å²) in [5.74, 6) is 0.196. The summed E-state index contributed by atoms with van der Waals surface area (Å²) in [5.41, 5.74) is 0. The minimum atomic E-state index is 0.00367. The van der Waals surface area contributed by atoms with E-state index in [9.17, 15) is 10.2 Å². The predicted molar refractivity (Wildman–Crippen MR) is 68.5 cm³/mol. The number of aromatic hydroxyl groups is 2. The van der Waals surface area contributed by atoms with Crippen LogP contribution in [0.2, 0.25) is 0 Å². The molecule has 1 heterocycles. The van der Waals surface area contributed by atoms with E-state index in [4.69, 9.17) is 0 Å². The number of fused-ring (bicyclic) bond motifs is 2. The molecule has 4 nitrogen and oxygen atoms in total. The van der Waals surface area contributed by atoms with Gasteiger partial charge in [0, 0.05) is 10.8 Å². The standard InChI is InChI=1S/C14H14N2O2/c1-7-8(2)16-12-11(15-7)13(17)9-5-3-4-6-10(9)14(12)18/h3-8,17-18H,1-2H3/t7-,8-/m1/s1. The van der Waals surface area contributed by atoms with Gasteiger partial charge in [0.15, 0.2) is 11.5 Å². The van der Waals surface area contributed by atoms with Crippen LogP contribution in [0.3, 0.4) is 0 Å². The molecule has 0 spiro atoms. The molecule has 2 N–H and O–H groups in total. The molecule has 0 aliphatic carbocycles. The fourth-order valence-electron chi connectivity index (χ4n) is 2.24. The van der Waals surface area contributed by atoms with Crippen molar-refractivity contribution in [3.05, 3.63) is 35.0 Å². The minimum Gasteiger partial charge on any atom is -0.505 e. The molecule has 0 bridgehead atoms. The first kappa shape index (κ1) is 11.0. The first-order valence-corrected chi connectivity index (χ1v) is 5.98. The fraction of sp³-hybridized carbons (Fsp3) is 0.286. The van der Waals surface area contributed by atoms with E-state index >= 15 is 0 Å². The van der Waals surface area contributed by atoms with Gasteiger partial charge in [0.2, 0.25) is 0 Å². The summed E-state index contributed by atoms with van der Waals surface area (Å²) in [6.45, 7) is 3.89. The van der Waals surface area contributed by atoms with E-state index in [1.165, 1.54) is 0 Å². The van der Waals surface area contributed by atoms with E-state index in [0.29, 0.717) is 21.5 Å². The van der Waals surface area contributed by atoms with Gasteiger partial charge in [0.25, 0.3) is 0 Å². The second kappa shape index (κ2) is 3.70. The van der Waals surface area contributed by atoms with Crippen LogP contribution in [0.5, 0.6) is 11.5 Å². The highest BCUT2D eigenvalue weighted by molar-refractivity contribution is 5.92. The lowest BCUT2D eigenvalue weighted by molar-refractivity contribution is 0.442. The Labute approximate surface area is 104 Å². The van der Waals surface area contributed by atoms with Crippen LogP contribution in [0.15, 0.2) is 34.3 Å². The van der Waals surface area contributed by atoms with Crippen LogP contribution in [0.4, 0.5) is 0 Å². The normalized spacial score (nSPS) is 22.1. The molecular weight excluding hydrogens is 228 g/mol. The highest BCUT2D eigenvalue weighted by Crippen LogP contribution is 2.26. The largest absolute Gasteiger partial charge is 0.505 e.